The van der Waals surface area contributed by atoms with Crippen molar-refractivity contribution < 1.29 is 9.18 Å². The lowest BCUT2D eigenvalue weighted by Crippen LogP contribution is -2.59. The van der Waals surface area contributed by atoms with Gasteiger partial charge in [0.1, 0.15) is 0 Å². The van der Waals surface area contributed by atoms with E-state index < -0.39 is 0 Å². The number of carbonyl (C=O) groups is 1. The summed E-state index contributed by atoms with van der Waals surface area (Å²) in [5.74, 6) is 2.39. The minimum absolute atomic E-state index is 0.00214. The molecule has 0 unspecified atom stereocenters. The van der Waals surface area contributed by atoms with Gasteiger partial charge in [0.15, 0.2) is 5.69 Å². The Morgan fingerprint density at radius 3 is 2.43 bits per heavy atom. The smallest absolute Gasteiger partial charge is 0.272 e. The maximum Gasteiger partial charge on any atom is 0.272 e. The highest BCUT2D eigenvalue weighted by Crippen LogP contribution is 2.55. The number of para-hydroxylation sites is 1. The number of alkyl halides is 1. The van der Waals surface area contributed by atoms with Gasteiger partial charge in [-0.2, -0.15) is 5.10 Å². The van der Waals surface area contributed by atoms with Gasteiger partial charge in [-0.15, -0.1) is 0 Å². The average Bonchev–Trinajstić information content (AvgIpc) is 3.03. The molecule has 0 spiro atoms. The lowest BCUT2D eigenvalue weighted by molar-refractivity contribution is -0.0167. The van der Waals surface area contributed by atoms with Crippen molar-refractivity contribution in [1.29, 1.82) is 0 Å². The van der Waals surface area contributed by atoms with Gasteiger partial charge in [-0.3, -0.25) is 13.9 Å². The molecule has 4 aliphatic rings. The summed E-state index contributed by atoms with van der Waals surface area (Å²) in [6, 6.07) is 7.98. The molecule has 0 radical (unpaired) electrons. The first kappa shape index (κ1) is 18.1. The van der Waals surface area contributed by atoms with E-state index >= 15 is 0 Å². The zero-order chi connectivity index (χ0) is 19.1. The molecule has 1 aromatic carbocycles. The van der Waals surface area contributed by atoms with E-state index in [1.54, 1.807) is 0 Å². The summed E-state index contributed by atoms with van der Waals surface area (Å²) in [6.07, 6.45) is 9.86. The fourth-order valence-electron chi connectivity index (χ4n) is 6.56. The molecule has 28 heavy (non-hydrogen) atoms. The Balaban J connectivity index is 1.37. The number of nitrogens with zero attached hydrogens (tertiary/aromatic N) is 2. The molecular weight excluding hydrogens is 353 g/mol. The van der Waals surface area contributed by atoms with Gasteiger partial charge < -0.3 is 5.32 Å². The molecule has 2 aromatic rings. The number of nitrogens with one attached hydrogen (secondary N) is 1. The van der Waals surface area contributed by atoms with Crippen LogP contribution in [0.2, 0.25) is 0 Å². The molecule has 6 rings (SSSR count). The number of hydrogen-bond acceptors (Lipinski definition) is 2. The van der Waals surface area contributed by atoms with Crippen LogP contribution < -0.4 is 5.32 Å². The van der Waals surface area contributed by atoms with Crippen molar-refractivity contribution in [2.45, 2.75) is 69.9 Å². The molecule has 0 aliphatic heterocycles. The van der Waals surface area contributed by atoms with Gasteiger partial charge in [0.05, 0.1) is 12.2 Å². The van der Waals surface area contributed by atoms with Crippen LogP contribution >= 0.6 is 0 Å². The highest BCUT2D eigenvalue weighted by molar-refractivity contribution is 6.05. The second-order valence-electron chi connectivity index (χ2n) is 9.49. The minimum atomic E-state index is -0.265. The highest BCUT2D eigenvalue weighted by atomic mass is 19.1. The molecule has 1 N–H and O–H groups in total. The first-order valence-electron chi connectivity index (χ1n) is 11.0. The molecule has 5 heteroatoms. The van der Waals surface area contributed by atoms with Crippen molar-refractivity contribution in [3.8, 4) is 0 Å². The molecule has 150 valence electrons. The van der Waals surface area contributed by atoms with Crippen molar-refractivity contribution in [2.75, 3.05) is 6.67 Å². The van der Waals surface area contributed by atoms with Crippen molar-refractivity contribution in [1.82, 2.24) is 15.1 Å². The molecular formula is C23H30FN3O. The van der Waals surface area contributed by atoms with E-state index in [2.05, 4.69) is 5.32 Å². The molecule has 1 aromatic heterocycles. The molecule has 4 bridgehead atoms. The van der Waals surface area contributed by atoms with Gasteiger partial charge in [-0.1, -0.05) is 18.2 Å². The standard InChI is InChI=1S/C23H30FN3O/c24-8-4-1-5-9-27-20-7-3-2-6-19(20)21(26-27)22(28)25-23-13-16-10-17(14-23)12-18(11-16)15-23/h2-3,6-7,16-18H,1,4-5,8-15H2,(H,25,28). The number of halogens is 1. The molecule has 4 aliphatic carbocycles. The highest BCUT2D eigenvalue weighted by Gasteiger charge is 2.51. The van der Waals surface area contributed by atoms with E-state index in [0.717, 1.165) is 67.3 Å². The van der Waals surface area contributed by atoms with E-state index in [1.165, 1.54) is 19.3 Å². The molecule has 4 fully saturated rings. The van der Waals surface area contributed by atoms with Crippen LogP contribution in [-0.4, -0.2) is 27.9 Å². The number of amides is 1. The summed E-state index contributed by atoms with van der Waals surface area (Å²) in [4.78, 5) is 13.3. The lowest BCUT2D eigenvalue weighted by Gasteiger charge is -2.56. The monoisotopic (exact) mass is 383 g/mol. The molecule has 0 atom stereocenters. The predicted octanol–water partition coefficient (Wildman–Crippen LogP) is 4.87. The zero-order valence-corrected chi connectivity index (χ0v) is 16.5. The largest absolute Gasteiger partial charge is 0.345 e. The van der Waals surface area contributed by atoms with E-state index in [4.69, 9.17) is 5.10 Å². The first-order valence-corrected chi connectivity index (χ1v) is 11.0. The molecule has 4 nitrogen and oxygen atoms in total. The Morgan fingerprint density at radius 2 is 1.75 bits per heavy atom. The Kier molecular flexibility index (Phi) is 4.64. The van der Waals surface area contributed by atoms with Crippen LogP contribution in [-0.2, 0) is 6.54 Å². The second-order valence-corrected chi connectivity index (χ2v) is 9.49. The summed E-state index contributed by atoms with van der Waals surface area (Å²) in [5.41, 5.74) is 1.55. The van der Waals surface area contributed by atoms with E-state index in [0.29, 0.717) is 12.1 Å². The third-order valence-electron chi connectivity index (χ3n) is 7.29. The van der Waals surface area contributed by atoms with Gasteiger partial charge in [0.25, 0.3) is 5.91 Å². The average molecular weight is 384 g/mol. The van der Waals surface area contributed by atoms with Gasteiger partial charge in [-0.25, -0.2) is 0 Å². The summed E-state index contributed by atoms with van der Waals surface area (Å²) in [5, 5.41) is 9.08. The number of rotatable bonds is 7. The third kappa shape index (κ3) is 3.23. The predicted molar refractivity (Wildman–Crippen MR) is 108 cm³/mol. The number of benzene rings is 1. The lowest BCUT2D eigenvalue weighted by atomic mass is 9.53. The topological polar surface area (TPSA) is 46.9 Å². The summed E-state index contributed by atoms with van der Waals surface area (Å²) in [7, 11) is 0. The number of unbranched alkanes of at least 4 members (excludes halogenated alkanes) is 2. The summed E-state index contributed by atoms with van der Waals surface area (Å²) < 4.78 is 14.3. The Bertz CT molecular complexity index is 839. The molecule has 0 saturated heterocycles. The van der Waals surface area contributed by atoms with Crippen LogP contribution in [0.1, 0.15) is 68.3 Å². The molecule has 1 heterocycles. The number of aryl methyl sites for hydroxylation is 1. The molecule has 4 saturated carbocycles. The summed E-state index contributed by atoms with van der Waals surface area (Å²) in [6.45, 7) is 0.462. The van der Waals surface area contributed by atoms with Gasteiger partial charge in [0.2, 0.25) is 0 Å². The number of aromatic nitrogens is 2. The van der Waals surface area contributed by atoms with Crippen LogP contribution in [0.25, 0.3) is 10.9 Å². The maximum absolute atomic E-state index is 13.3. The Hall–Kier alpha value is -1.91. The van der Waals surface area contributed by atoms with Crippen LogP contribution in [0.15, 0.2) is 24.3 Å². The van der Waals surface area contributed by atoms with Gasteiger partial charge >= 0.3 is 0 Å². The quantitative estimate of drug-likeness (QED) is 0.693. The van der Waals surface area contributed by atoms with Crippen LogP contribution in [0.4, 0.5) is 4.39 Å². The van der Waals surface area contributed by atoms with Crippen LogP contribution in [0, 0.1) is 17.8 Å². The fraction of sp³-hybridized carbons (Fsp3) is 0.652. The minimum Gasteiger partial charge on any atom is -0.345 e. The second kappa shape index (κ2) is 7.16. The van der Waals surface area contributed by atoms with Crippen LogP contribution in [0.5, 0.6) is 0 Å². The van der Waals surface area contributed by atoms with Gasteiger partial charge in [-0.05, 0) is 81.6 Å². The van der Waals surface area contributed by atoms with Crippen molar-refractivity contribution >= 4 is 16.8 Å². The first-order chi connectivity index (χ1) is 13.7. The SMILES string of the molecule is O=C(NC12CC3CC(CC(C3)C1)C2)c1nn(CCCCCF)c2ccccc12. The van der Waals surface area contributed by atoms with E-state index in [-0.39, 0.29) is 18.1 Å². The number of hydrogen-bond donors (Lipinski definition) is 1. The normalized spacial score (nSPS) is 30.8. The number of carbonyl (C=O) groups excluding carboxylic acids is 1. The van der Waals surface area contributed by atoms with Crippen LogP contribution in [0.3, 0.4) is 0 Å². The van der Waals surface area contributed by atoms with E-state index in [1.807, 2.05) is 28.9 Å². The van der Waals surface area contributed by atoms with Crippen molar-refractivity contribution in [3.05, 3.63) is 30.0 Å². The Labute approximate surface area is 165 Å². The van der Waals surface area contributed by atoms with Gasteiger partial charge in [0, 0.05) is 17.5 Å². The van der Waals surface area contributed by atoms with E-state index in [9.17, 15) is 9.18 Å². The zero-order valence-electron chi connectivity index (χ0n) is 16.5. The summed E-state index contributed by atoms with van der Waals surface area (Å²) >= 11 is 0. The third-order valence-corrected chi connectivity index (χ3v) is 7.29. The fourth-order valence-corrected chi connectivity index (χ4v) is 6.56. The Morgan fingerprint density at radius 1 is 1.07 bits per heavy atom. The maximum atomic E-state index is 13.3. The van der Waals surface area contributed by atoms with Crippen molar-refractivity contribution in [2.24, 2.45) is 17.8 Å². The molecule has 1 amide bonds. The number of fused-ring (bicyclic) bond motifs is 1. The van der Waals surface area contributed by atoms with Crippen molar-refractivity contribution in [3.63, 3.8) is 0 Å².